The van der Waals surface area contributed by atoms with Crippen molar-refractivity contribution < 1.29 is 19.0 Å². The summed E-state index contributed by atoms with van der Waals surface area (Å²) < 4.78 is 19.7. The van der Waals surface area contributed by atoms with Crippen LogP contribution in [0.25, 0.3) is 0 Å². The molecule has 0 radical (unpaired) electrons. The molecule has 1 heterocycles. The van der Waals surface area contributed by atoms with E-state index in [0.29, 0.717) is 12.0 Å². The van der Waals surface area contributed by atoms with E-state index in [2.05, 4.69) is 5.32 Å². The molecule has 0 saturated carbocycles. The lowest BCUT2D eigenvalue weighted by Gasteiger charge is -2.33. The van der Waals surface area contributed by atoms with Crippen LogP contribution in [0, 0.1) is 5.82 Å². The van der Waals surface area contributed by atoms with E-state index in [1.54, 1.807) is 39.0 Å². The molecule has 4 nitrogen and oxygen atoms in total. The third-order valence-corrected chi connectivity index (χ3v) is 4.57. The normalized spacial score (nSPS) is 14.0. The number of carbonyl (C=O) groups excluding carboxylic acids is 1. The van der Waals surface area contributed by atoms with Gasteiger partial charge in [0.15, 0.2) is 0 Å². The first-order valence-electron chi connectivity index (χ1n) is 8.09. The van der Waals surface area contributed by atoms with Crippen LogP contribution >= 0.6 is 11.3 Å². The average molecular weight is 365 g/mol. The number of nitrogens with one attached hydrogen (secondary N) is 1. The first-order chi connectivity index (χ1) is 11.8. The molecule has 0 aliphatic heterocycles. The minimum atomic E-state index is -0.969. The molecule has 2 N–H and O–H groups in total. The number of aliphatic hydroxyl groups is 1. The lowest BCUT2D eigenvalue weighted by Crippen LogP contribution is -2.46. The monoisotopic (exact) mass is 365 g/mol. The zero-order valence-electron chi connectivity index (χ0n) is 14.7. The number of carbonyl (C=O) groups is 1. The molecular weight excluding hydrogens is 341 g/mol. The van der Waals surface area contributed by atoms with Crippen molar-refractivity contribution in [3.63, 3.8) is 0 Å². The summed E-state index contributed by atoms with van der Waals surface area (Å²) in [5.41, 5.74) is -0.242. The number of halogens is 1. The number of aliphatic hydroxyl groups excluding tert-OH is 1. The van der Waals surface area contributed by atoms with Crippen molar-refractivity contribution in [3.05, 3.63) is 58.0 Å². The number of ether oxygens (including phenoxy) is 1. The van der Waals surface area contributed by atoms with Crippen molar-refractivity contribution in [2.45, 2.75) is 38.2 Å². The molecule has 6 heteroatoms. The maximum Gasteiger partial charge on any atom is 0.407 e. The van der Waals surface area contributed by atoms with Crippen molar-refractivity contribution in [1.82, 2.24) is 5.32 Å². The lowest BCUT2D eigenvalue weighted by molar-refractivity contribution is 0.0501. The second-order valence-electron chi connectivity index (χ2n) is 7.08. The van der Waals surface area contributed by atoms with Gasteiger partial charge in [0.25, 0.3) is 0 Å². The van der Waals surface area contributed by atoms with E-state index in [4.69, 9.17) is 4.74 Å². The smallest absolute Gasteiger partial charge is 0.407 e. The molecular formula is C19H24FNO3S. The SMILES string of the molecule is CC(C)(C)OC(=O)NCC(CO)(Cc1ccsc1)c1ccccc1F. The van der Waals surface area contributed by atoms with E-state index >= 15 is 0 Å². The van der Waals surface area contributed by atoms with Gasteiger partial charge in [0, 0.05) is 12.0 Å². The topological polar surface area (TPSA) is 58.6 Å². The summed E-state index contributed by atoms with van der Waals surface area (Å²) in [6.07, 6.45) is -0.184. The van der Waals surface area contributed by atoms with E-state index in [1.807, 2.05) is 16.8 Å². The van der Waals surface area contributed by atoms with Crippen LogP contribution in [0.2, 0.25) is 0 Å². The fourth-order valence-electron chi connectivity index (χ4n) is 2.68. The lowest BCUT2D eigenvalue weighted by atomic mass is 9.76. The highest BCUT2D eigenvalue weighted by molar-refractivity contribution is 7.07. The summed E-state index contributed by atoms with van der Waals surface area (Å²) in [5, 5.41) is 16.7. The van der Waals surface area contributed by atoms with Gasteiger partial charge in [-0.3, -0.25) is 0 Å². The molecule has 0 bridgehead atoms. The molecule has 2 aromatic rings. The maximum atomic E-state index is 14.4. The number of alkyl carbamates (subject to hydrolysis) is 1. The number of thiophene rings is 1. The van der Waals surface area contributed by atoms with Gasteiger partial charge in [0.2, 0.25) is 0 Å². The van der Waals surface area contributed by atoms with Gasteiger partial charge < -0.3 is 15.2 Å². The van der Waals surface area contributed by atoms with Gasteiger partial charge in [-0.2, -0.15) is 11.3 Å². The molecule has 0 aliphatic carbocycles. The number of hydrogen-bond donors (Lipinski definition) is 2. The van der Waals surface area contributed by atoms with Crippen LogP contribution in [0.15, 0.2) is 41.1 Å². The van der Waals surface area contributed by atoms with Crippen LogP contribution in [-0.2, 0) is 16.6 Å². The van der Waals surface area contributed by atoms with Gasteiger partial charge in [-0.15, -0.1) is 0 Å². The van der Waals surface area contributed by atoms with E-state index in [-0.39, 0.29) is 13.2 Å². The molecule has 1 unspecified atom stereocenters. The fraction of sp³-hybridized carbons (Fsp3) is 0.421. The van der Waals surface area contributed by atoms with Crippen molar-refractivity contribution in [2.75, 3.05) is 13.2 Å². The second-order valence-corrected chi connectivity index (χ2v) is 7.86. The molecule has 0 saturated heterocycles. The number of amides is 1. The second kappa shape index (κ2) is 7.97. The molecule has 1 atom stereocenters. The Kier molecular flexibility index (Phi) is 6.19. The summed E-state index contributed by atoms with van der Waals surface area (Å²) in [6.45, 7) is 5.07. The summed E-state index contributed by atoms with van der Waals surface area (Å²) in [6, 6.07) is 8.27. The average Bonchev–Trinajstić information content (AvgIpc) is 3.03. The van der Waals surface area contributed by atoms with Crippen molar-refractivity contribution in [1.29, 1.82) is 0 Å². The van der Waals surface area contributed by atoms with Crippen molar-refractivity contribution in [3.8, 4) is 0 Å². The number of hydrogen-bond acceptors (Lipinski definition) is 4. The molecule has 25 heavy (non-hydrogen) atoms. The maximum absolute atomic E-state index is 14.4. The van der Waals surface area contributed by atoms with Crippen molar-refractivity contribution >= 4 is 17.4 Å². The Morgan fingerprint density at radius 1 is 1.28 bits per heavy atom. The Morgan fingerprint density at radius 3 is 2.56 bits per heavy atom. The van der Waals surface area contributed by atoms with E-state index in [9.17, 15) is 14.3 Å². The fourth-order valence-corrected chi connectivity index (χ4v) is 3.35. The first kappa shape index (κ1) is 19.4. The predicted molar refractivity (Wildman–Crippen MR) is 97.4 cm³/mol. The van der Waals surface area contributed by atoms with Gasteiger partial charge in [-0.1, -0.05) is 18.2 Å². The third kappa shape index (κ3) is 5.28. The van der Waals surface area contributed by atoms with E-state index in [0.717, 1.165) is 5.56 Å². The molecule has 1 aromatic heterocycles. The van der Waals surface area contributed by atoms with Gasteiger partial charge in [0.1, 0.15) is 11.4 Å². The molecule has 136 valence electrons. The Labute approximate surface area is 151 Å². The highest BCUT2D eigenvalue weighted by Crippen LogP contribution is 2.31. The summed E-state index contributed by atoms with van der Waals surface area (Å²) in [7, 11) is 0. The zero-order chi connectivity index (χ0) is 18.5. The molecule has 1 aromatic carbocycles. The number of benzene rings is 1. The zero-order valence-corrected chi connectivity index (χ0v) is 15.5. The molecule has 1 amide bonds. The van der Waals surface area contributed by atoms with Gasteiger partial charge >= 0.3 is 6.09 Å². The standard InChI is InChI=1S/C19H24FNO3S/c1-18(2,3)24-17(23)21-12-19(13-22,10-14-8-9-25-11-14)15-6-4-5-7-16(15)20/h4-9,11,22H,10,12-13H2,1-3H3,(H,21,23). The van der Waals surface area contributed by atoms with E-state index < -0.39 is 22.9 Å². The van der Waals surface area contributed by atoms with Crippen LogP contribution in [0.5, 0.6) is 0 Å². The Hall–Kier alpha value is -1.92. The summed E-state index contributed by atoms with van der Waals surface area (Å²) in [4.78, 5) is 12.0. The van der Waals surface area contributed by atoms with E-state index in [1.165, 1.54) is 17.4 Å². The Morgan fingerprint density at radius 2 is 2.00 bits per heavy atom. The van der Waals surface area contributed by atoms with Crippen LogP contribution in [-0.4, -0.2) is 30.0 Å². The van der Waals surface area contributed by atoms with Crippen LogP contribution < -0.4 is 5.32 Å². The summed E-state index contributed by atoms with van der Waals surface area (Å²) in [5.74, 6) is -0.405. The number of rotatable bonds is 6. The highest BCUT2D eigenvalue weighted by Gasteiger charge is 2.35. The van der Waals surface area contributed by atoms with Gasteiger partial charge in [-0.05, 0) is 61.2 Å². The molecule has 0 aliphatic rings. The Bertz CT molecular complexity index is 697. The van der Waals surface area contributed by atoms with Gasteiger partial charge in [0.05, 0.1) is 6.61 Å². The van der Waals surface area contributed by atoms with Crippen LogP contribution in [0.4, 0.5) is 9.18 Å². The first-order valence-corrected chi connectivity index (χ1v) is 9.04. The minimum absolute atomic E-state index is 0.0647. The molecule has 0 spiro atoms. The summed E-state index contributed by atoms with van der Waals surface area (Å²) >= 11 is 1.53. The van der Waals surface area contributed by atoms with Crippen LogP contribution in [0.3, 0.4) is 0 Å². The molecule has 2 rings (SSSR count). The largest absolute Gasteiger partial charge is 0.444 e. The quantitative estimate of drug-likeness (QED) is 0.817. The molecule has 0 fully saturated rings. The highest BCUT2D eigenvalue weighted by atomic mass is 32.1. The minimum Gasteiger partial charge on any atom is -0.444 e. The van der Waals surface area contributed by atoms with Gasteiger partial charge in [-0.25, -0.2) is 9.18 Å². The predicted octanol–water partition coefficient (Wildman–Crippen LogP) is 3.88. The van der Waals surface area contributed by atoms with Crippen LogP contribution in [0.1, 0.15) is 31.9 Å². The van der Waals surface area contributed by atoms with Crippen molar-refractivity contribution in [2.24, 2.45) is 0 Å². The Balaban J connectivity index is 2.28. The third-order valence-electron chi connectivity index (χ3n) is 3.84.